The molecule has 1 aliphatic heterocycles. The van der Waals surface area contributed by atoms with E-state index in [1.54, 1.807) is 54.7 Å². The average Bonchev–Trinajstić information content (AvgIpc) is 3.38. The number of sulfone groups is 1. The third-order valence-corrected chi connectivity index (χ3v) is 9.48. The number of aromatic nitrogens is 1. The molecule has 1 saturated heterocycles. The Kier molecular flexibility index (Phi) is 10.1. The minimum Gasteiger partial charge on any atom is -0.350 e. The van der Waals surface area contributed by atoms with E-state index in [-0.39, 0.29) is 35.4 Å². The molecular weight excluding hydrogens is 574 g/mol. The molecule has 1 fully saturated rings. The summed E-state index contributed by atoms with van der Waals surface area (Å²) in [5.74, 6) is -0.229. The number of hydrogen-bond donors (Lipinski definition) is 2. The van der Waals surface area contributed by atoms with Crippen molar-refractivity contribution < 1.29 is 18.0 Å². The molecule has 1 aliphatic rings. The van der Waals surface area contributed by atoms with E-state index in [1.807, 2.05) is 11.9 Å². The Morgan fingerprint density at radius 3 is 2.42 bits per heavy atom. The van der Waals surface area contributed by atoms with E-state index in [1.165, 1.54) is 22.0 Å². The van der Waals surface area contributed by atoms with Crippen LogP contribution in [0.25, 0.3) is 5.69 Å². The topological polar surface area (TPSA) is 121 Å². The van der Waals surface area contributed by atoms with Crippen LogP contribution in [0.5, 0.6) is 0 Å². The van der Waals surface area contributed by atoms with Gasteiger partial charge in [-0.15, -0.1) is 11.3 Å². The lowest BCUT2D eigenvalue weighted by atomic mass is 10.1. The molecule has 1 aromatic carbocycles. The zero-order valence-electron chi connectivity index (χ0n) is 22.1. The second kappa shape index (κ2) is 13.6. The summed E-state index contributed by atoms with van der Waals surface area (Å²) < 4.78 is 25.4. The number of nitrogens with one attached hydrogen (secondary N) is 2. The molecule has 214 valence electrons. The summed E-state index contributed by atoms with van der Waals surface area (Å²) in [7, 11) is -1.01. The number of halogens is 1. The van der Waals surface area contributed by atoms with Crippen LogP contribution in [0.4, 0.5) is 0 Å². The van der Waals surface area contributed by atoms with Crippen molar-refractivity contribution in [1.29, 1.82) is 0 Å². The molecule has 13 heteroatoms. The van der Waals surface area contributed by atoms with E-state index in [0.29, 0.717) is 53.2 Å². The maximum absolute atomic E-state index is 12.9. The number of pyridine rings is 1. The van der Waals surface area contributed by atoms with Gasteiger partial charge in [-0.25, -0.2) is 8.42 Å². The van der Waals surface area contributed by atoms with Crippen LogP contribution in [-0.2, 0) is 9.84 Å². The predicted molar refractivity (Wildman–Crippen MR) is 158 cm³/mol. The summed E-state index contributed by atoms with van der Waals surface area (Å²) in [4.78, 5) is 42.5. The average molecular weight is 606 g/mol. The molecule has 0 bridgehead atoms. The number of carbonyl (C=O) groups excluding carboxylic acids is 2. The van der Waals surface area contributed by atoms with Crippen LogP contribution >= 0.6 is 22.9 Å². The SMILES string of the molecule is CN(CCN1CCS(=O)(=O)CC1)CC(CNC(=O)c1ccc(-n2ccccc2=O)cc1)NC(=O)c1ccc(Cl)s1. The van der Waals surface area contributed by atoms with Gasteiger partial charge in [-0.1, -0.05) is 17.7 Å². The molecule has 0 radical (unpaired) electrons. The number of hydrogen-bond acceptors (Lipinski definition) is 8. The van der Waals surface area contributed by atoms with Gasteiger partial charge in [0.05, 0.1) is 26.8 Å². The third-order valence-electron chi connectivity index (χ3n) is 6.64. The van der Waals surface area contributed by atoms with Crippen LogP contribution in [0.1, 0.15) is 20.0 Å². The van der Waals surface area contributed by atoms with Crippen LogP contribution in [-0.4, -0.2) is 98.5 Å². The minimum absolute atomic E-state index is 0.167. The molecule has 10 nitrogen and oxygen atoms in total. The van der Waals surface area contributed by atoms with Gasteiger partial charge < -0.3 is 20.4 Å². The van der Waals surface area contributed by atoms with E-state index in [9.17, 15) is 22.8 Å². The Hall–Kier alpha value is -3.03. The van der Waals surface area contributed by atoms with Gasteiger partial charge in [0.2, 0.25) is 0 Å². The number of likely N-dealkylation sites (N-methyl/N-ethyl adjacent to an activating group) is 1. The summed E-state index contributed by atoms with van der Waals surface area (Å²) in [6.07, 6.45) is 1.66. The fourth-order valence-electron chi connectivity index (χ4n) is 4.34. The molecule has 3 aromatic rings. The Bertz CT molecular complexity index is 1480. The van der Waals surface area contributed by atoms with E-state index in [2.05, 4.69) is 15.5 Å². The maximum Gasteiger partial charge on any atom is 0.261 e. The highest BCUT2D eigenvalue weighted by Crippen LogP contribution is 2.21. The van der Waals surface area contributed by atoms with E-state index >= 15 is 0 Å². The van der Waals surface area contributed by atoms with Gasteiger partial charge >= 0.3 is 0 Å². The third kappa shape index (κ3) is 8.48. The van der Waals surface area contributed by atoms with Gasteiger partial charge in [0.1, 0.15) is 0 Å². The van der Waals surface area contributed by atoms with E-state index < -0.39 is 15.9 Å². The number of nitrogens with zero attached hydrogens (tertiary/aromatic N) is 3. The lowest BCUT2D eigenvalue weighted by molar-refractivity contribution is 0.0900. The van der Waals surface area contributed by atoms with Crippen molar-refractivity contribution >= 4 is 44.6 Å². The molecule has 2 N–H and O–H groups in total. The standard InChI is InChI=1S/C27H32ClN5O5S2/c1-31(12-13-32-14-16-40(37,38)17-15-32)19-21(30-27(36)23-9-10-24(28)39-23)18-29-26(35)20-5-7-22(8-6-20)33-11-3-2-4-25(33)34/h2-11,21H,12-19H2,1H3,(H,29,35)(H,30,36). The van der Waals surface area contributed by atoms with Crippen LogP contribution in [0.2, 0.25) is 4.34 Å². The Morgan fingerprint density at radius 1 is 1.05 bits per heavy atom. The number of amides is 2. The van der Waals surface area contributed by atoms with Gasteiger partial charge in [-0.05, 0) is 49.5 Å². The van der Waals surface area contributed by atoms with Crippen molar-refractivity contribution in [1.82, 2.24) is 25.0 Å². The van der Waals surface area contributed by atoms with Gasteiger partial charge in [0, 0.05) is 62.8 Å². The molecule has 1 atom stereocenters. The van der Waals surface area contributed by atoms with E-state index in [4.69, 9.17) is 11.6 Å². The van der Waals surface area contributed by atoms with Crippen molar-refractivity contribution in [3.05, 3.63) is 85.9 Å². The zero-order valence-corrected chi connectivity index (χ0v) is 24.5. The fourth-order valence-corrected chi connectivity index (χ4v) is 6.56. The molecule has 1 unspecified atom stereocenters. The van der Waals surface area contributed by atoms with Crippen molar-refractivity contribution in [2.45, 2.75) is 6.04 Å². The largest absolute Gasteiger partial charge is 0.350 e. The summed E-state index contributed by atoms with van der Waals surface area (Å²) in [6, 6.07) is 14.5. The highest BCUT2D eigenvalue weighted by molar-refractivity contribution is 7.91. The van der Waals surface area contributed by atoms with E-state index in [0.717, 1.165) is 0 Å². The predicted octanol–water partition coefficient (Wildman–Crippen LogP) is 1.74. The maximum atomic E-state index is 12.9. The quantitative estimate of drug-likeness (QED) is 0.342. The summed E-state index contributed by atoms with van der Waals surface area (Å²) >= 11 is 7.18. The lowest BCUT2D eigenvalue weighted by Crippen LogP contribution is -2.50. The molecular formula is C27H32ClN5O5S2. The monoisotopic (exact) mass is 605 g/mol. The first-order chi connectivity index (χ1) is 19.1. The Labute approximate surface area is 242 Å². The highest BCUT2D eigenvalue weighted by atomic mass is 35.5. The first-order valence-corrected chi connectivity index (χ1v) is 15.8. The fraction of sp³-hybridized carbons (Fsp3) is 0.370. The number of benzene rings is 1. The van der Waals surface area contributed by atoms with Gasteiger partial charge in [0.15, 0.2) is 9.84 Å². The van der Waals surface area contributed by atoms with Gasteiger partial charge in [-0.3, -0.25) is 19.0 Å². The zero-order chi connectivity index (χ0) is 28.7. The van der Waals surface area contributed by atoms with Gasteiger partial charge in [-0.2, -0.15) is 0 Å². The normalized spacial score (nSPS) is 16.0. The molecule has 2 aromatic heterocycles. The summed E-state index contributed by atoms with van der Waals surface area (Å²) in [5.41, 5.74) is 0.908. The summed E-state index contributed by atoms with van der Waals surface area (Å²) in [5, 5.41) is 5.90. The van der Waals surface area contributed by atoms with Crippen LogP contribution < -0.4 is 16.2 Å². The number of rotatable bonds is 11. The smallest absolute Gasteiger partial charge is 0.261 e. The molecule has 40 heavy (non-hydrogen) atoms. The number of carbonyl (C=O) groups is 2. The molecule has 0 spiro atoms. The summed E-state index contributed by atoms with van der Waals surface area (Å²) in [6.45, 7) is 3.07. The van der Waals surface area contributed by atoms with Gasteiger partial charge in [0.25, 0.3) is 17.4 Å². The minimum atomic E-state index is -2.93. The lowest BCUT2D eigenvalue weighted by Gasteiger charge is -2.30. The van der Waals surface area contributed by atoms with Crippen LogP contribution in [0.15, 0.2) is 65.6 Å². The second-order valence-corrected chi connectivity index (χ2v) is 13.7. The Morgan fingerprint density at radius 2 is 1.77 bits per heavy atom. The van der Waals surface area contributed by atoms with Crippen molar-refractivity contribution in [3.63, 3.8) is 0 Å². The molecule has 0 aliphatic carbocycles. The Balaban J connectivity index is 1.36. The van der Waals surface area contributed by atoms with Crippen LogP contribution in [0, 0.1) is 0 Å². The first-order valence-electron chi connectivity index (χ1n) is 12.8. The van der Waals surface area contributed by atoms with Crippen molar-refractivity contribution in [3.8, 4) is 5.69 Å². The molecule has 2 amide bonds. The highest BCUT2D eigenvalue weighted by Gasteiger charge is 2.23. The van der Waals surface area contributed by atoms with Crippen molar-refractivity contribution in [2.75, 3.05) is 57.8 Å². The first kappa shape index (κ1) is 29.9. The number of thiophene rings is 1. The van der Waals surface area contributed by atoms with Crippen LogP contribution in [0.3, 0.4) is 0 Å². The molecule has 0 saturated carbocycles. The molecule has 3 heterocycles. The second-order valence-electron chi connectivity index (χ2n) is 9.70. The molecule has 4 rings (SSSR count). The van der Waals surface area contributed by atoms with Crippen molar-refractivity contribution in [2.24, 2.45) is 0 Å².